The molecule has 0 spiro atoms. The van der Waals surface area contributed by atoms with Crippen molar-refractivity contribution in [1.29, 1.82) is 0 Å². The number of hydrogen-bond donors (Lipinski definition) is 1. The number of aryl methyl sites for hydroxylation is 2. The molecule has 0 saturated carbocycles. The molecule has 0 atom stereocenters. The molecule has 0 fully saturated rings. The van der Waals surface area contributed by atoms with Gasteiger partial charge in [-0.3, -0.25) is 4.98 Å². The molecule has 124 valence electrons. The maximum Gasteiger partial charge on any atom is 0.219 e. The molecule has 0 saturated heterocycles. The van der Waals surface area contributed by atoms with Gasteiger partial charge < -0.3 is 5.11 Å². The van der Waals surface area contributed by atoms with Gasteiger partial charge in [0.1, 0.15) is 0 Å². The second-order valence-electron chi connectivity index (χ2n) is 6.10. The molecule has 4 rings (SSSR count). The molecule has 3 aromatic heterocycles. The fourth-order valence-corrected chi connectivity index (χ4v) is 3.14. The van der Waals surface area contributed by atoms with Gasteiger partial charge in [0.05, 0.1) is 11.3 Å². The number of aromatic hydroxyl groups is 1. The van der Waals surface area contributed by atoms with Crippen LogP contribution in [0.1, 0.15) is 22.5 Å². The first-order valence-electron chi connectivity index (χ1n) is 8.17. The summed E-state index contributed by atoms with van der Waals surface area (Å²) in [4.78, 5) is 8.92. The van der Waals surface area contributed by atoms with Crippen LogP contribution in [0.2, 0.25) is 0 Å². The molecular formula is C20H18N4O. The summed E-state index contributed by atoms with van der Waals surface area (Å²) in [5.41, 5.74) is 6.02. The number of rotatable bonds is 3. The number of pyridine rings is 1. The predicted molar refractivity (Wildman–Crippen MR) is 96.6 cm³/mol. The van der Waals surface area contributed by atoms with Crippen LogP contribution in [0, 0.1) is 13.8 Å². The Kier molecular flexibility index (Phi) is 3.69. The number of fused-ring (bicyclic) bond motifs is 1. The van der Waals surface area contributed by atoms with Crippen molar-refractivity contribution in [2.45, 2.75) is 20.3 Å². The van der Waals surface area contributed by atoms with E-state index < -0.39 is 0 Å². The molecular weight excluding hydrogens is 312 g/mol. The maximum absolute atomic E-state index is 10.8. The van der Waals surface area contributed by atoms with Crippen molar-refractivity contribution < 1.29 is 5.11 Å². The van der Waals surface area contributed by atoms with E-state index in [4.69, 9.17) is 4.98 Å². The van der Waals surface area contributed by atoms with Crippen LogP contribution in [0.3, 0.4) is 0 Å². The van der Waals surface area contributed by atoms with Crippen LogP contribution >= 0.6 is 0 Å². The van der Waals surface area contributed by atoms with E-state index in [1.165, 1.54) is 4.52 Å². The lowest BCUT2D eigenvalue weighted by molar-refractivity contribution is 0.427. The molecule has 4 aromatic rings. The van der Waals surface area contributed by atoms with E-state index in [1.54, 1.807) is 12.4 Å². The summed E-state index contributed by atoms with van der Waals surface area (Å²) in [7, 11) is 0. The van der Waals surface area contributed by atoms with E-state index in [0.717, 1.165) is 33.6 Å². The van der Waals surface area contributed by atoms with Gasteiger partial charge in [0.25, 0.3) is 0 Å². The highest BCUT2D eigenvalue weighted by Crippen LogP contribution is 2.31. The van der Waals surface area contributed by atoms with Crippen LogP contribution in [0.4, 0.5) is 0 Å². The monoisotopic (exact) mass is 330 g/mol. The van der Waals surface area contributed by atoms with Gasteiger partial charge in [-0.15, -0.1) is 0 Å². The standard InChI is InChI=1S/C20H18N4O/c1-13-17(11-15-7-4-3-5-8-15)20(25)24-19(22-13)18(14(2)23-24)16-9-6-10-21-12-16/h3-10,12,25H,11H2,1-2H3. The van der Waals surface area contributed by atoms with E-state index in [1.807, 2.05) is 56.3 Å². The van der Waals surface area contributed by atoms with Crippen molar-refractivity contribution in [3.8, 4) is 17.0 Å². The molecule has 1 N–H and O–H groups in total. The molecule has 0 amide bonds. The third kappa shape index (κ3) is 2.63. The number of aromatic nitrogens is 4. The Morgan fingerprint density at radius 2 is 1.80 bits per heavy atom. The summed E-state index contributed by atoms with van der Waals surface area (Å²) in [6, 6.07) is 13.9. The summed E-state index contributed by atoms with van der Waals surface area (Å²) in [6.45, 7) is 3.84. The van der Waals surface area contributed by atoms with E-state index in [0.29, 0.717) is 12.1 Å². The Morgan fingerprint density at radius 3 is 2.52 bits per heavy atom. The minimum atomic E-state index is 0.143. The number of nitrogens with zero attached hydrogens (tertiary/aromatic N) is 4. The highest BCUT2D eigenvalue weighted by molar-refractivity contribution is 5.80. The van der Waals surface area contributed by atoms with Gasteiger partial charge in [-0.1, -0.05) is 36.4 Å². The summed E-state index contributed by atoms with van der Waals surface area (Å²) in [5, 5.41) is 15.3. The van der Waals surface area contributed by atoms with Crippen LogP contribution < -0.4 is 0 Å². The molecule has 0 aliphatic carbocycles. The third-order valence-electron chi connectivity index (χ3n) is 4.39. The van der Waals surface area contributed by atoms with Gasteiger partial charge in [-0.05, 0) is 25.5 Å². The third-order valence-corrected chi connectivity index (χ3v) is 4.39. The molecule has 0 unspecified atom stereocenters. The average Bonchev–Trinajstić information content (AvgIpc) is 2.96. The van der Waals surface area contributed by atoms with Crippen LogP contribution in [-0.4, -0.2) is 24.7 Å². The smallest absolute Gasteiger partial charge is 0.219 e. The first kappa shape index (κ1) is 15.3. The SMILES string of the molecule is Cc1nc2c(-c3cccnc3)c(C)nn2c(O)c1Cc1ccccc1. The number of hydrogen-bond acceptors (Lipinski definition) is 4. The van der Waals surface area contributed by atoms with E-state index >= 15 is 0 Å². The molecule has 1 aromatic carbocycles. The van der Waals surface area contributed by atoms with E-state index in [9.17, 15) is 5.11 Å². The van der Waals surface area contributed by atoms with Crippen LogP contribution in [0.5, 0.6) is 5.88 Å². The van der Waals surface area contributed by atoms with Crippen molar-refractivity contribution in [3.63, 3.8) is 0 Å². The molecule has 0 aliphatic rings. The van der Waals surface area contributed by atoms with Gasteiger partial charge in [-0.2, -0.15) is 9.61 Å². The summed E-state index contributed by atoms with van der Waals surface area (Å²) >= 11 is 0. The lowest BCUT2D eigenvalue weighted by Crippen LogP contribution is -2.02. The molecule has 3 heterocycles. The average molecular weight is 330 g/mol. The molecule has 0 bridgehead atoms. The van der Waals surface area contributed by atoms with E-state index in [2.05, 4.69) is 10.1 Å². The fourth-order valence-electron chi connectivity index (χ4n) is 3.14. The molecule has 5 nitrogen and oxygen atoms in total. The van der Waals surface area contributed by atoms with Crippen molar-refractivity contribution in [2.24, 2.45) is 0 Å². The zero-order valence-electron chi connectivity index (χ0n) is 14.1. The lowest BCUT2D eigenvalue weighted by atomic mass is 10.0. The van der Waals surface area contributed by atoms with E-state index in [-0.39, 0.29) is 5.88 Å². The van der Waals surface area contributed by atoms with Gasteiger partial charge in [-0.25, -0.2) is 4.98 Å². The largest absolute Gasteiger partial charge is 0.493 e. The summed E-state index contributed by atoms with van der Waals surface area (Å²) < 4.78 is 1.53. The normalized spacial score (nSPS) is 11.1. The Balaban J connectivity index is 1.90. The zero-order chi connectivity index (χ0) is 17.4. The highest BCUT2D eigenvalue weighted by Gasteiger charge is 2.19. The molecule has 0 radical (unpaired) electrons. The summed E-state index contributed by atoms with van der Waals surface area (Å²) in [6.07, 6.45) is 4.14. The Labute approximate surface area is 145 Å². The Bertz CT molecular complexity index is 1040. The van der Waals surface area contributed by atoms with Gasteiger partial charge >= 0.3 is 0 Å². The number of benzene rings is 1. The topological polar surface area (TPSA) is 63.3 Å². The first-order valence-corrected chi connectivity index (χ1v) is 8.17. The van der Waals surface area contributed by atoms with Gasteiger partial charge in [0.2, 0.25) is 5.88 Å². The maximum atomic E-state index is 10.8. The second-order valence-corrected chi connectivity index (χ2v) is 6.10. The lowest BCUT2D eigenvalue weighted by Gasteiger charge is -2.10. The van der Waals surface area contributed by atoms with Gasteiger partial charge in [0, 0.05) is 35.6 Å². The quantitative estimate of drug-likeness (QED) is 0.622. The fraction of sp³-hybridized carbons (Fsp3) is 0.150. The molecule has 5 heteroatoms. The summed E-state index contributed by atoms with van der Waals surface area (Å²) in [5.74, 6) is 0.143. The molecule has 25 heavy (non-hydrogen) atoms. The Hall–Kier alpha value is -3.21. The van der Waals surface area contributed by atoms with Crippen molar-refractivity contribution in [3.05, 3.63) is 77.4 Å². The van der Waals surface area contributed by atoms with Crippen LogP contribution in [0.25, 0.3) is 16.8 Å². The van der Waals surface area contributed by atoms with Gasteiger partial charge in [0.15, 0.2) is 5.65 Å². The Morgan fingerprint density at radius 1 is 1.00 bits per heavy atom. The minimum absolute atomic E-state index is 0.143. The van der Waals surface area contributed by atoms with Crippen molar-refractivity contribution >= 4 is 5.65 Å². The van der Waals surface area contributed by atoms with Crippen LogP contribution in [-0.2, 0) is 6.42 Å². The van der Waals surface area contributed by atoms with Crippen molar-refractivity contribution in [2.75, 3.05) is 0 Å². The first-order chi connectivity index (χ1) is 12.1. The van der Waals surface area contributed by atoms with Crippen LogP contribution in [0.15, 0.2) is 54.9 Å². The zero-order valence-corrected chi connectivity index (χ0v) is 14.1. The predicted octanol–water partition coefficient (Wildman–Crippen LogP) is 3.70. The minimum Gasteiger partial charge on any atom is -0.493 e. The molecule has 0 aliphatic heterocycles. The highest BCUT2D eigenvalue weighted by atomic mass is 16.3. The second kappa shape index (κ2) is 6.02. The van der Waals surface area contributed by atoms with Crippen molar-refractivity contribution in [1.82, 2.24) is 19.6 Å².